The first-order valence-corrected chi connectivity index (χ1v) is 8.64. The highest BCUT2D eigenvalue weighted by atomic mass is 79.9. The smallest absolute Gasteiger partial charge is 0.236 e. The van der Waals surface area contributed by atoms with Crippen LogP contribution in [0.3, 0.4) is 0 Å². The highest BCUT2D eigenvalue weighted by Gasteiger charge is 2.11. The largest absolute Gasteiger partial charge is 0.490 e. The maximum atomic E-state index is 11.9. The summed E-state index contributed by atoms with van der Waals surface area (Å²) in [4.78, 5) is 0. The summed E-state index contributed by atoms with van der Waals surface area (Å²) in [6.07, 6.45) is 0. The topological polar surface area (TPSA) is 81.4 Å². The van der Waals surface area contributed by atoms with Gasteiger partial charge < -0.3 is 10.5 Å². The summed E-state index contributed by atoms with van der Waals surface area (Å²) in [5.41, 5.74) is 6.70. The molecule has 0 unspecified atom stereocenters. The summed E-state index contributed by atoms with van der Waals surface area (Å²) in [5, 5.41) is 0. The van der Waals surface area contributed by atoms with Crippen LogP contribution in [0, 0.1) is 0 Å². The predicted octanol–water partition coefficient (Wildman–Crippen LogP) is 2.85. The second-order valence-electron chi connectivity index (χ2n) is 4.32. The van der Waals surface area contributed by atoms with Gasteiger partial charge in [-0.3, -0.25) is 4.72 Å². The van der Waals surface area contributed by atoms with Gasteiger partial charge in [-0.2, -0.15) is 0 Å². The molecule has 21 heavy (non-hydrogen) atoms. The maximum Gasteiger partial charge on any atom is 0.236 e. The van der Waals surface area contributed by atoms with Gasteiger partial charge in [-0.25, -0.2) is 8.42 Å². The molecule has 0 atom stereocenters. The van der Waals surface area contributed by atoms with Crippen molar-refractivity contribution in [2.24, 2.45) is 0 Å². The second kappa shape index (κ2) is 6.82. The van der Waals surface area contributed by atoms with Gasteiger partial charge in [-0.05, 0) is 30.3 Å². The van der Waals surface area contributed by atoms with E-state index < -0.39 is 10.0 Å². The maximum absolute atomic E-state index is 11.9. The molecular formula is C14H15BrN2O3S. The van der Waals surface area contributed by atoms with Crippen LogP contribution in [0.15, 0.2) is 53.0 Å². The normalized spacial score (nSPS) is 11.1. The molecule has 0 aliphatic heterocycles. The van der Waals surface area contributed by atoms with E-state index in [9.17, 15) is 8.42 Å². The van der Waals surface area contributed by atoms with Crippen LogP contribution in [0.25, 0.3) is 0 Å². The van der Waals surface area contributed by atoms with Crippen LogP contribution >= 0.6 is 15.9 Å². The Labute approximate surface area is 132 Å². The van der Waals surface area contributed by atoms with Crippen LogP contribution in [-0.2, 0) is 10.0 Å². The minimum Gasteiger partial charge on any atom is -0.490 e. The van der Waals surface area contributed by atoms with Gasteiger partial charge in [0.2, 0.25) is 10.0 Å². The molecule has 0 heterocycles. The number of nitrogen functional groups attached to an aromatic ring is 1. The van der Waals surface area contributed by atoms with E-state index in [-0.39, 0.29) is 12.4 Å². The van der Waals surface area contributed by atoms with E-state index in [4.69, 9.17) is 10.5 Å². The molecule has 0 aromatic heterocycles. The molecule has 0 fully saturated rings. The number of halogens is 1. The molecule has 2 aromatic rings. The molecule has 112 valence electrons. The van der Waals surface area contributed by atoms with Crippen LogP contribution in [0.1, 0.15) is 0 Å². The molecule has 3 N–H and O–H groups in total. The number of sulfonamides is 1. The van der Waals surface area contributed by atoms with E-state index >= 15 is 0 Å². The monoisotopic (exact) mass is 370 g/mol. The molecule has 0 amide bonds. The van der Waals surface area contributed by atoms with Crippen molar-refractivity contribution in [1.82, 2.24) is 0 Å². The fourth-order valence-electron chi connectivity index (χ4n) is 1.66. The zero-order valence-electron chi connectivity index (χ0n) is 11.1. The van der Waals surface area contributed by atoms with Gasteiger partial charge in [0.15, 0.2) is 0 Å². The summed E-state index contributed by atoms with van der Waals surface area (Å²) in [5.74, 6) is 0.323. The minimum atomic E-state index is -3.47. The van der Waals surface area contributed by atoms with Crippen LogP contribution in [0.4, 0.5) is 11.4 Å². The fraction of sp³-hybridized carbons (Fsp3) is 0.143. The fourth-order valence-corrected chi connectivity index (χ4v) is 2.95. The van der Waals surface area contributed by atoms with Gasteiger partial charge in [0.1, 0.15) is 18.1 Å². The highest BCUT2D eigenvalue weighted by Crippen LogP contribution is 2.20. The Balaban J connectivity index is 1.91. The molecule has 0 saturated heterocycles. The minimum absolute atomic E-state index is 0.0253. The van der Waals surface area contributed by atoms with E-state index in [1.54, 1.807) is 42.5 Å². The Morgan fingerprint density at radius 2 is 1.90 bits per heavy atom. The lowest BCUT2D eigenvalue weighted by atomic mass is 10.3. The number of hydrogen-bond acceptors (Lipinski definition) is 4. The summed E-state index contributed by atoms with van der Waals surface area (Å²) in [7, 11) is -3.47. The number of benzene rings is 2. The van der Waals surface area contributed by atoms with Crippen molar-refractivity contribution in [3.63, 3.8) is 0 Å². The molecule has 0 radical (unpaired) electrons. The van der Waals surface area contributed by atoms with Crippen LogP contribution in [0.5, 0.6) is 5.75 Å². The molecule has 0 aliphatic carbocycles. The average molecular weight is 371 g/mol. The van der Waals surface area contributed by atoms with E-state index in [1.165, 1.54) is 0 Å². The first-order chi connectivity index (χ1) is 9.96. The number of para-hydroxylation sites is 2. The molecule has 2 rings (SSSR count). The van der Waals surface area contributed by atoms with Crippen LogP contribution in [-0.4, -0.2) is 20.8 Å². The molecule has 0 bridgehead atoms. The molecule has 0 saturated carbocycles. The zero-order chi connectivity index (χ0) is 15.3. The number of nitrogens with one attached hydrogen (secondary N) is 1. The van der Waals surface area contributed by atoms with Gasteiger partial charge in [0, 0.05) is 10.2 Å². The van der Waals surface area contributed by atoms with Gasteiger partial charge >= 0.3 is 0 Å². The molecule has 7 heteroatoms. The summed E-state index contributed by atoms with van der Waals surface area (Å²) < 4.78 is 32.6. The van der Waals surface area contributed by atoms with Crippen molar-refractivity contribution in [2.45, 2.75) is 0 Å². The van der Waals surface area contributed by atoms with Crippen LogP contribution in [0.2, 0.25) is 0 Å². The standard InChI is InChI=1S/C14H15BrN2O3S/c15-11-4-3-5-12(10-11)17-21(18,19)9-8-20-14-7-2-1-6-13(14)16/h1-7,10,17H,8-9,16H2. The van der Waals surface area contributed by atoms with Crippen molar-refractivity contribution >= 4 is 37.3 Å². The van der Waals surface area contributed by atoms with Crippen molar-refractivity contribution < 1.29 is 13.2 Å². The second-order valence-corrected chi connectivity index (χ2v) is 7.08. The lowest BCUT2D eigenvalue weighted by Gasteiger charge is -2.10. The van der Waals surface area contributed by atoms with Crippen LogP contribution < -0.4 is 15.2 Å². The molecular weight excluding hydrogens is 356 g/mol. The number of nitrogens with two attached hydrogens (primary N) is 1. The van der Waals surface area contributed by atoms with E-state index in [0.29, 0.717) is 17.1 Å². The summed E-state index contributed by atoms with van der Waals surface area (Å²) >= 11 is 3.29. The lowest BCUT2D eigenvalue weighted by Crippen LogP contribution is -2.21. The van der Waals surface area contributed by atoms with E-state index in [1.807, 2.05) is 6.07 Å². The Bertz CT molecular complexity index is 720. The molecule has 2 aromatic carbocycles. The lowest BCUT2D eigenvalue weighted by molar-refractivity contribution is 0.343. The SMILES string of the molecule is Nc1ccccc1OCCS(=O)(=O)Nc1cccc(Br)c1. The Kier molecular flexibility index (Phi) is 5.08. The third-order valence-electron chi connectivity index (χ3n) is 2.63. The van der Waals surface area contributed by atoms with Crippen molar-refractivity contribution in [3.05, 3.63) is 53.0 Å². The van der Waals surface area contributed by atoms with Crippen molar-refractivity contribution in [2.75, 3.05) is 22.8 Å². The van der Waals surface area contributed by atoms with Gasteiger partial charge in [-0.1, -0.05) is 34.1 Å². The molecule has 0 spiro atoms. The quantitative estimate of drug-likeness (QED) is 0.766. The van der Waals surface area contributed by atoms with E-state index in [0.717, 1.165) is 4.47 Å². The average Bonchev–Trinajstić information content (AvgIpc) is 2.40. The third kappa shape index (κ3) is 4.95. The summed E-state index contributed by atoms with van der Waals surface area (Å²) in [6, 6.07) is 13.9. The number of ether oxygens (including phenoxy) is 1. The molecule has 5 nitrogen and oxygen atoms in total. The first kappa shape index (κ1) is 15.7. The predicted molar refractivity (Wildman–Crippen MR) is 87.9 cm³/mol. The third-order valence-corrected chi connectivity index (χ3v) is 4.37. The van der Waals surface area contributed by atoms with Gasteiger partial charge in [-0.15, -0.1) is 0 Å². The van der Waals surface area contributed by atoms with Crippen molar-refractivity contribution in [1.29, 1.82) is 0 Å². The number of anilines is 2. The number of rotatable bonds is 6. The van der Waals surface area contributed by atoms with E-state index in [2.05, 4.69) is 20.7 Å². The van der Waals surface area contributed by atoms with Gasteiger partial charge in [0.25, 0.3) is 0 Å². The Hall–Kier alpha value is -1.73. The van der Waals surface area contributed by atoms with Crippen molar-refractivity contribution in [3.8, 4) is 5.75 Å². The number of hydrogen-bond donors (Lipinski definition) is 2. The first-order valence-electron chi connectivity index (χ1n) is 6.20. The molecule has 0 aliphatic rings. The zero-order valence-corrected chi connectivity index (χ0v) is 13.5. The van der Waals surface area contributed by atoms with Gasteiger partial charge in [0.05, 0.1) is 5.69 Å². The Morgan fingerprint density at radius 3 is 2.62 bits per heavy atom. The highest BCUT2D eigenvalue weighted by molar-refractivity contribution is 9.10. The Morgan fingerprint density at radius 1 is 1.14 bits per heavy atom. The summed E-state index contributed by atoms with van der Waals surface area (Å²) in [6.45, 7) is 0.0253.